The third-order valence-corrected chi connectivity index (χ3v) is 6.19. The lowest BCUT2D eigenvalue weighted by molar-refractivity contribution is -0.222. The molecule has 0 spiro atoms. The minimum absolute atomic E-state index is 0.510. The predicted molar refractivity (Wildman–Crippen MR) is 131 cm³/mol. The Morgan fingerprint density at radius 3 is 2.43 bits per heavy atom. The average molecular weight is 477 g/mol. The van der Waals surface area contributed by atoms with E-state index >= 15 is 0 Å². The van der Waals surface area contributed by atoms with E-state index in [0.717, 1.165) is 53.9 Å². The monoisotopic (exact) mass is 476 g/mol. The quantitative estimate of drug-likeness (QED) is 0.239. The van der Waals surface area contributed by atoms with Crippen molar-refractivity contribution in [2.45, 2.75) is 58.3 Å². The van der Waals surface area contributed by atoms with Gasteiger partial charge in [0.15, 0.2) is 5.82 Å². The number of aromatic nitrogens is 8. The van der Waals surface area contributed by atoms with Gasteiger partial charge in [0.25, 0.3) is 0 Å². The molecule has 1 N–H and O–H groups in total. The maximum absolute atomic E-state index is 5.68. The van der Waals surface area contributed by atoms with Crippen molar-refractivity contribution in [3.05, 3.63) is 59.9 Å². The summed E-state index contributed by atoms with van der Waals surface area (Å²) in [6.07, 6.45) is 6.64. The number of nitrogens with zero attached hydrogens (tertiary/aromatic N) is 7. The molecule has 0 aliphatic carbocycles. The summed E-state index contributed by atoms with van der Waals surface area (Å²) in [6, 6.07) is 12.0. The molecule has 10 nitrogen and oxygen atoms in total. The van der Waals surface area contributed by atoms with Crippen LogP contribution in [0, 0.1) is 0 Å². The first-order valence-electron chi connectivity index (χ1n) is 12.0. The van der Waals surface area contributed by atoms with Gasteiger partial charge in [0, 0.05) is 44.4 Å². The smallest absolute Gasteiger partial charge is 0.231 e. The maximum Gasteiger partial charge on any atom is 0.231 e. The SMILES string of the molecule is CCCCCc1nc(C(CC)(OC)OC)nn1Cc1ccc(-c2ccccc2-c2nnn[nH]2)cn1. The number of unbranched alkanes of at least 4 members (excludes halogenated alkanes) is 2. The lowest BCUT2D eigenvalue weighted by Crippen LogP contribution is -2.31. The molecule has 0 fully saturated rings. The molecule has 3 heterocycles. The van der Waals surface area contributed by atoms with Crippen molar-refractivity contribution in [1.82, 2.24) is 40.4 Å². The number of ether oxygens (including phenoxy) is 2. The average Bonchev–Trinajstić information content (AvgIpc) is 3.57. The van der Waals surface area contributed by atoms with Crippen molar-refractivity contribution in [3.8, 4) is 22.5 Å². The van der Waals surface area contributed by atoms with Gasteiger partial charge in [-0.1, -0.05) is 57.0 Å². The molecule has 0 aliphatic heterocycles. The van der Waals surface area contributed by atoms with E-state index in [-0.39, 0.29) is 0 Å². The summed E-state index contributed by atoms with van der Waals surface area (Å²) in [7, 11) is 3.24. The molecule has 0 saturated heterocycles. The van der Waals surface area contributed by atoms with E-state index in [1.807, 2.05) is 48.1 Å². The minimum atomic E-state index is -0.957. The summed E-state index contributed by atoms with van der Waals surface area (Å²) in [5.41, 5.74) is 3.78. The fourth-order valence-corrected chi connectivity index (χ4v) is 4.14. The zero-order valence-corrected chi connectivity index (χ0v) is 20.7. The van der Waals surface area contributed by atoms with Crippen molar-refractivity contribution in [2.24, 2.45) is 0 Å². The molecule has 0 radical (unpaired) electrons. The van der Waals surface area contributed by atoms with Crippen molar-refractivity contribution in [1.29, 1.82) is 0 Å². The van der Waals surface area contributed by atoms with Gasteiger partial charge in [-0.15, -0.1) is 10.2 Å². The molecule has 3 aromatic heterocycles. The number of hydrogen-bond acceptors (Lipinski definition) is 8. The molecule has 0 aliphatic rings. The van der Waals surface area contributed by atoms with Crippen molar-refractivity contribution >= 4 is 0 Å². The Hall–Kier alpha value is -3.50. The highest BCUT2D eigenvalue weighted by Crippen LogP contribution is 2.30. The van der Waals surface area contributed by atoms with Crippen LogP contribution in [-0.4, -0.2) is 54.6 Å². The first-order valence-corrected chi connectivity index (χ1v) is 12.0. The number of tetrazole rings is 1. The number of rotatable bonds is 12. The van der Waals surface area contributed by atoms with Gasteiger partial charge in [-0.2, -0.15) is 0 Å². The highest BCUT2D eigenvalue weighted by atomic mass is 16.7. The fraction of sp³-hybridized carbons (Fsp3) is 0.440. The van der Waals surface area contributed by atoms with Crippen LogP contribution in [0.5, 0.6) is 0 Å². The van der Waals surface area contributed by atoms with E-state index < -0.39 is 5.79 Å². The summed E-state index contributed by atoms with van der Waals surface area (Å²) in [4.78, 5) is 9.55. The van der Waals surface area contributed by atoms with Crippen LogP contribution in [0.3, 0.4) is 0 Å². The minimum Gasteiger partial charge on any atom is -0.347 e. The summed E-state index contributed by atoms with van der Waals surface area (Å²) in [6.45, 7) is 4.70. The van der Waals surface area contributed by atoms with Crippen LogP contribution in [0.25, 0.3) is 22.5 Å². The summed E-state index contributed by atoms with van der Waals surface area (Å²) in [5.74, 6) is 1.12. The van der Waals surface area contributed by atoms with E-state index in [0.29, 0.717) is 24.6 Å². The Balaban J connectivity index is 1.61. The molecule has 1 aromatic carbocycles. The molecule has 0 unspecified atom stereocenters. The molecular weight excluding hydrogens is 444 g/mol. The third-order valence-electron chi connectivity index (χ3n) is 6.19. The van der Waals surface area contributed by atoms with Gasteiger partial charge in [0.1, 0.15) is 5.82 Å². The number of nitrogens with one attached hydrogen (secondary N) is 1. The van der Waals surface area contributed by atoms with E-state index in [2.05, 4.69) is 33.6 Å². The first kappa shape index (κ1) is 24.6. The van der Waals surface area contributed by atoms with E-state index in [9.17, 15) is 0 Å². The molecule has 4 aromatic rings. The zero-order chi connectivity index (χ0) is 24.7. The van der Waals surface area contributed by atoms with E-state index in [4.69, 9.17) is 24.5 Å². The van der Waals surface area contributed by atoms with Gasteiger partial charge in [-0.3, -0.25) is 4.98 Å². The highest BCUT2D eigenvalue weighted by molar-refractivity contribution is 5.79. The molecule has 35 heavy (non-hydrogen) atoms. The van der Waals surface area contributed by atoms with Gasteiger partial charge in [-0.05, 0) is 28.5 Å². The number of aromatic amines is 1. The van der Waals surface area contributed by atoms with E-state index in [1.165, 1.54) is 0 Å². The lowest BCUT2D eigenvalue weighted by Gasteiger charge is -2.26. The molecule has 0 amide bonds. The normalized spacial score (nSPS) is 11.8. The number of H-pyrrole nitrogens is 1. The second kappa shape index (κ2) is 11.3. The van der Waals surface area contributed by atoms with Crippen LogP contribution < -0.4 is 0 Å². The number of methoxy groups -OCH3 is 2. The number of aryl methyl sites for hydroxylation is 1. The molecule has 4 rings (SSSR count). The molecule has 0 saturated carbocycles. The fourth-order valence-electron chi connectivity index (χ4n) is 4.14. The van der Waals surface area contributed by atoms with Gasteiger partial charge in [0.05, 0.1) is 12.2 Å². The number of benzene rings is 1. The zero-order valence-electron chi connectivity index (χ0n) is 20.7. The summed E-state index contributed by atoms with van der Waals surface area (Å²) in [5, 5.41) is 19.1. The van der Waals surface area contributed by atoms with Crippen LogP contribution in [0.1, 0.15) is 56.9 Å². The molecule has 0 atom stereocenters. The maximum atomic E-state index is 5.68. The van der Waals surface area contributed by atoms with Gasteiger partial charge < -0.3 is 9.47 Å². The standard InChI is InChI=1S/C25H32N8O2/c1-5-7-8-13-22-27-24(25(6-2,34-3)35-4)30-33(22)17-19-15-14-18(16-26-19)20-11-9-10-12-21(20)23-28-31-32-29-23/h9-12,14-16H,5-8,13,17H2,1-4H3,(H,28,29,31,32). The Morgan fingerprint density at radius 1 is 1.00 bits per heavy atom. The Kier molecular flexibility index (Phi) is 7.94. The molecule has 0 bridgehead atoms. The van der Waals surface area contributed by atoms with E-state index in [1.54, 1.807) is 14.2 Å². The number of hydrogen-bond donors (Lipinski definition) is 1. The molecule has 10 heteroatoms. The first-order chi connectivity index (χ1) is 17.1. The second-order valence-corrected chi connectivity index (χ2v) is 8.31. The third kappa shape index (κ3) is 5.28. The Labute approximate surface area is 205 Å². The predicted octanol–water partition coefficient (Wildman–Crippen LogP) is 4.16. The highest BCUT2D eigenvalue weighted by Gasteiger charge is 2.35. The largest absolute Gasteiger partial charge is 0.347 e. The lowest BCUT2D eigenvalue weighted by atomic mass is 10.0. The topological polar surface area (TPSA) is 117 Å². The van der Waals surface area contributed by atoms with Gasteiger partial charge >= 0.3 is 0 Å². The van der Waals surface area contributed by atoms with Crippen LogP contribution in [-0.2, 0) is 28.2 Å². The summed E-state index contributed by atoms with van der Waals surface area (Å²) < 4.78 is 13.3. The Morgan fingerprint density at radius 2 is 1.80 bits per heavy atom. The second-order valence-electron chi connectivity index (χ2n) is 8.31. The van der Waals surface area contributed by atoms with Crippen molar-refractivity contribution in [3.63, 3.8) is 0 Å². The Bertz CT molecular complexity index is 1190. The van der Waals surface area contributed by atoms with Crippen molar-refractivity contribution in [2.75, 3.05) is 14.2 Å². The molecule has 184 valence electrons. The van der Waals surface area contributed by atoms with Crippen LogP contribution in [0.4, 0.5) is 0 Å². The van der Waals surface area contributed by atoms with Crippen LogP contribution >= 0.6 is 0 Å². The van der Waals surface area contributed by atoms with Crippen molar-refractivity contribution < 1.29 is 9.47 Å². The van der Waals surface area contributed by atoms with Crippen LogP contribution in [0.2, 0.25) is 0 Å². The van der Waals surface area contributed by atoms with Crippen LogP contribution in [0.15, 0.2) is 42.6 Å². The molecular formula is C25H32N8O2. The van der Waals surface area contributed by atoms with Gasteiger partial charge in [-0.25, -0.2) is 14.8 Å². The van der Waals surface area contributed by atoms with Gasteiger partial charge in [0.2, 0.25) is 11.6 Å². The summed E-state index contributed by atoms with van der Waals surface area (Å²) >= 11 is 0. The number of pyridine rings is 1.